The maximum atomic E-state index is 14.1. The average molecular weight is 884 g/mol. The number of carbonyl (C=O) groups excluding carboxylic acids is 5. The minimum Gasteiger partial charge on any atom is -0.444 e. The molecule has 1 aliphatic carbocycles. The largest absolute Gasteiger partial charge is 0.444 e. The summed E-state index contributed by atoms with van der Waals surface area (Å²) in [4.78, 5) is 78.9. The van der Waals surface area contributed by atoms with Crippen molar-refractivity contribution in [3.63, 3.8) is 0 Å². The van der Waals surface area contributed by atoms with Crippen LogP contribution in [-0.2, 0) is 19.1 Å². The molecule has 0 saturated carbocycles. The zero-order valence-electron chi connectivity index (χ0n) is 38.1. The third-order valence-corrected chi connectivity index (χ3v) is 11.7. The van der Waals surface area contributed by atoms with E-state index in [2.05, 4.69) is 20.9 Å². The van der Waals surface area contributed by atoms with E-state index in [1.807, 2.05) is 91.0 Å². The Kier molecular flexibility index (Phi) is 14.2. The Morgan fingerprint density at radius 2 is 1.35 bits per heavy atom. The SMILES string of the molecule is CC(C)(C)OC(=O)NC(C(=O)N1CCCC1c1ncc(-c2ccc(-c3ccc(C(=O)NCC4CCCN4C(=O)C(NC(=O)OC(C)(C)C)C4C=CC=CC4)cc3)cc2)[nH]1)c1ccccc1. The molecule has 5 unspecified atom stereocenters. The summed E-state index contributed by atoms with van der Waals surface area (Å²) < 4.78 is 11.0. The lowest BCUT2D eigenvalue weighted by molar-refractivity contribution is -0.135. The lowest BCUT2D eigenvalue weighted by atomic mass is 9.91. The molecule has 3 heterocycles. The molecule has 14 heteroatoms. The van der Waals surface area contributed by atoms with Gasteiger partial charge in [-0.05, 0) is 108 Å². The van der Waals surface area contributed by atoms with E-state index in [1.165, 1.54) is 0 Å². The van der Waals surface area contributed by atoms with Gasteiger partial charge in [0, 0.05) is 37.2 Å². The van der Waals surface area contributed by atoms with Crippen LogP contribution < -0.4 is 16.0 Å². The van der Waals surface area contributed by atoms with Gasteiger partial charge in [0.05, 0.1) is 17.9 Å². The molecular formula is C51H61N7O7. The fourth-order valence-corrected chi connectivity index (χ4v) is 8.61. The normalized spacial score (nSPS) is 19.3. The van der Waals surface area contributed by atoms with Crippen LogP contribution in [0.15, 0.2) is 109 Å². The molecule has 0 bridgehead atoms. The highest BCUT2D eigenvalue weighted by Gasteiger charge is 2.39. The zero-order valence-corrected chi connectivity index (χ0v) is 38.1. The van der Waals surface area contributed by atoms with E-state index in [-0.39, 0.29) is 42.3 Å². The minimum absolute atomic E-state index is 0.184. The maximum Gasteiger partial charge on any atom is 0.408 e. The number of hydrogen-bond donors (Lipinski definition) is 4. The summed E-state index contributed by atoms with van der Waals surface area (Å²) in [6, 6.07) is 22.4. The Morgan fingerprint density at radius 3 is 2.00 bits per heavy atom. The summed E-state index contributed by atoms with van der Waals surface area (Å²) in [5, 5.41) is 8.68. The van der Waals surface area contributed by atoms with E-state index >= 15 is 0 Å². The van der Waals surface area contributed by atoms with Gasteiger partial charge < -0.3 is 40.2 Å². The van der Waals surface area contributed by atoms with Crippen LogP contribution in [0, 0.1) is 5.92 Å². The number of allylic oxidation sites excluding steroid dienone is 3. The van der Waals surface area contributed by atoms with Crippen molar-refractivity contribution in [3.8, 4) is 22.4 Å². The number of H-pyrrole nitrogens is 1. The first kappa shape index (κ1) is 46.3. The fraction of sp³-hybridized carbons (Fsp3) is 0.412. The Bertz CT molecular complexity index is 2380. The summed E-state index contributed by atoms with van der Waals surface area (Å²) in [7, 11) is 0. The van der Waals surface area contributed by atoms with Gasteiger partial charge >= 0.3 is 12.2 Å². The van der Waals surface area contributed by atoms with Gasteiger partial charge in [0.15, 0.2) is 0 Å². The molecule has 14 nitrogen and oxygen atoms in total. The van der Waals surface area contributed by atoms with Gasteiger partial charge in [-0.15, -0.1) is 0 Å². The smallest absolute Gasteiger partial charge is 0.408 e. The molecule has 3 aromatic carbocycles. The highest BCUT2D eigenvalue weighted by Crippen LogP contribution is 2.35. The quantitative estimate of drug-likeness (QED) is 0.110. The molecular weight excluding hydrogens is 823 g/mol. The molecule has 65 heavy (non-hydrogen) atoms. The molecule has 4 N–H and O–H groups in total. The summed E-state index contributed by atoms with van der Waals surface area (Å²) in [6.07, 6.45) is 11.9. The number of likely N-dealkylation sites (tertiary alicyclic amines) is 2. The van der Waals surface area contributed by atoms with E-state index < -0.39 is 35.5 Å². The number of carbonyl (C=O) groups is 5. The third-order valence-electron chi connectivity index (χ3n) is 11.7. The molecule has 5 atom stereocenters. The number of ether oxygens (including phenoxy) is 2. The van der Waals surface area contributed by atoms with Crippen LogP contribution in [0.2, 0.25) is 0 Å². The predicted molar refractivity (Wildman–Crippen MR) is 248 cm³/mol. The van der Waals surface area contributed by atoms with Crippen molar-refractivity contribution in [2.45, 2.75) is 109 Å². The Hall–Kier alpha value is -6.70. The van der Waals surface area contributed by atoms with E-state index in [4.69, 9.17) is 14.5 Å². The molecule has 4 aromatic rings. The molecule has 0 spiro atoms. The lowest BCUT2D eigenvalue weighted by Crippen LogP contribution is -2.55. The number of aromatic nitrogens is 2. The second-order valence-electron chi connectivity index (χ2n) is 18.9. The summed E-state index contributed by atoms with van der Waals surface area (Å²) in [5.41, 5.74) is 3.38. The van der Waals surface area contributed by atoms with Gasteiger partial charge in [-0.25, -0.2) is 14.6 Å². The predicted octanol–water partition coefficient (Wildman–Crippen LogP) is 8.42. The number of nitrogens with one attached hydrogen (secondary N) is 4. The van der Waals surface area contributed by atoms with Crippen molar-refractivity contribution in [1.82, 2.24) is 35.7 Å². The van der Waals surface area contributed by atoms with Crippen molar-refractivity contribution in [1.29, 1.82) is 0 Å². The summed E-state index contributed by atoms with van der Waals surface area (Å²) in [6.45, 7) is 12.1. The van der Waals surface area contributed by atoms with Crippen molar-refractivity contribution in [3.05, 3.63) is 126 Å². The van der Waals surface area contributed by atoms with Crippen LogP contribution in [0.25, 0.3) is 22.4 Å². The second kappa shape index (κ2) is 20.0. The van der Waals surface area contributed by atoms with Crippen molar-refractivity contribution < 1.29 is 33.4 Å². The van der Waals surface area contributed by atoms with Crippen molar-refractivity contribution >= 4 is 29.9 Å². The molecule has 0 radical (unpaired) electrons. The number of amides is 5. The zero-order chi connectivity index (χ0) is 46.3. The van der Waals surface area contributed by atoms with Gasteiger partial charge in [0.1, 0.15) is 29.1 Å². The molecule has 2 fully saturated rings. The lowest BCUT2D eigenvalue weighted by Gasteiger charge is -2.33. The van der Waals surface area contributed by atoms with Gasteiger partial charge in [-0.2, -0.15) is 0 Å². The van der Waals surface area contributed by atoms with E-state index in [1.54, 1.807) is 69.7 Å². The summed E-state index contributed by atoms with van der Waals surface area (Å²) in [5.74, 6) is -0.186. The molecule has 1 aromatic heterocycles. The number of imidazole rings is 1. The Morgan fingerprint density at radius 1 is 0.738 bits per heavy atom. The molecule has 7 rings (SSSR count). The number of hydrogen-bond acceptors (Lipinski definition) is 8. The van der Waals surface area contributed by atoms with Gasteiger partial charge in [0.25, 0.3) is 11.8 Å². The molecule has 342 valence electrons. The van der Waals surface area contributed by atoms with Crippen LogP contribution in [0.1, 0.15) is 107 Å². The van der Waals surface area contributed by atoms with Crippen LogP contribution in [0.3, 0.4) is 0 Å². The Labute approximate surface area is 381 Å². The number of nitrogens with zero attached hydrogens (tertiary/aromatic N) is 3. The average Bonchev–Trinajstić information content (AvgIpc) is 4.08. The first-order valence-electron chi connectivity index (χ1n) is 22.6. The highest BCUT2D eigenvalue weighted by atomic mass is 16.6. The summed E-state index contributed by atoms with van der Waals surface area (Å²) >= 11 is 0. The molecule has 2 aliphatic heterocycles. The Balaban J connectivity index is 0.955. The van der Waals surface area contributed by atoms with E-state index in [9.17, 15) is 24.0 Å². The second-order valence-corrected chi connectivity index (χ2v) is 18.9. The molecule has 3 aliphatic rings. The number of alkyl carbamates (subject to hydrolysis) is 2. The first-order chi connectivity index (χ1) is 31.0. The van der Waals surface area contributed by atoms with Crippen molar-refractivity contribution in [2.24, 2.45) is 5.92 Å². The van der Waals surface area contributed by atoms with Gasteiger partial charge in [0.2, 0.25) is 5.91 Å². The van der Waals surface area contributed by atoms with E-state index in [0.717, 1.165) is 48.1 Å². The van der Waals surface area contributed by atoms with Crippen LogP contribution >= 0.6 is 0 Å². The number of rotatable bonds is 12. The standard InChI is InChI=1S/C51H61N7O7/c1-50(2,3)64-48(62)55-42(36-15-9-7-10-16-36)46(60)57-29-13-19-39(57)31-53-45(59)38-27-23-34(24-28-38)33-21-25-35(26-22-33)40-32-52-44(54-40)41-20-14-30-58(41)47(61)43(37-17-11-8-12-18-37)56-49(63)65-51(4,5)6/h7-12,15,17-18,21-28,32,36,39,41-43H,13-14,16,19-20,29-31H2,1-6H3,(H,52,54)(H,53,59)(H,55,62)(H,56,63). The minimum atomic E-state index is -0.921. The number of aromatic amines is 1. The molecule has 5 amide bonds. The number of benzene rings is 3. The van der Waals surface area contributed by atoms with Gasteiger partial charge in [-0.3, -0.25) is 14.4 Å². The third kappa shape index (κ3) is 11.9. The van der Waals surface area contributed by atoms with Crippen LogP contribution in [-0.4, -0.2) is 92.6 Å². The van der Waals surface area contributed by atoms with Crippen molar-refractivity contribution in [2.75, 3.05) is 19.6 Å². The van der Waals surface area contributed by atoms with Crippen LogP contribution in [0.5, 0.6) is 0 Å². The van der Waals surface area contributed by atoms with Crippen LogP contribution in [0.4, 0.5) is 9.59 Å². The fourth-order valence-electron chi connectivity index (χ4n) is 8.61. The van der Waals surface area contributed by atoms with E-state index in [0.29, 0.717) is 36.5 Å². The highest BCUT2D eigenvalue weighted by molar-refractivity contribution is 5.95. The topological polar surface area (TPSA) is 175 Å². The van der Waals surface area contributed by atoms with Gasteiger partial charge in [-0.1, -0.05) is 91.0 Å². The maximum absolute atomic E-state index is 14.1. The monoisotopic (exact) mass is 883 g/mol. The molecule has 2 saturated heterocycles. The first-order valence-corrected chi connectivity index (χ1v) is 22.6.